The monoisotopic (exact) mass is 221 g/mol. The van der Waals surface area contributed by atoms with Crippen LogP contribution in [0.4, 0.5) is 0 Å². The highest BCUT2D eigenvalue weighted by atomic mass is 35.5. The van der Waals surface area contributed by atoms with E-state index >= 15 is 0 Å². The molecule has 5 heteroatoms. The van der Waals surface area contributed by atoms with Crippen LogP contribution in [0.15, 0.2) is 6.07 Å². The third kappa shape index (κ3) is 1.32. The first kappa shape index (κ1) is 8.35. The van der Waals surface area contributed by atoms with E-state index in [1.807, 2.05) is 0 Å². The van der Waals surface area contributed by atoms with Crippen molar-refractivity contribution < 1.29 is 4.79 Å². The molecule has 2 nitrogen and oxygen atoms in total. The van der Waals surface area contributed by atoms with Crippen LogP contribution in [-0.4, -0.2) is 5.91 Å². The predicted molar refractivity (Wildman–Crippen MR) is 49.8 cm³/mol. The lowest BCUT2D eigenvalue weighted by Gasteiger charge is -2.26. The molecule has 1 amide bonds. The van der Waals surface area contributed by atoms with Gasteiger partial charge in [0.25, 0.3) is 0 Å². The molecule has 0 bridgehead atoms. The number of thiophene rings is 1. The first-order chi connectivity index (χ1) is 5.66. The third-order valence-electron chi connectivity index (χ3n) is 1.78. The number of carbonyl (C=O) groups excluding carboxylic acids is 1. The zero-order valence-electron chi connectivity index (χ0n) is 5.93. The van der Waals surface area contributed by atoms with Crippen molar-refractivity contribution in [3.05, 3.63) is 20.3 Å². The van der Waals surface area contributed by atoms with E-state index < -0.39 is 0 Å². The van der Waals surface area contributed by atoms with Crippen LogP contribution in [0.2, 0.25) is 8.67 Å². The van der Waals surface area contributed by atoms with Crippen LogP contribution in [0.1, 0.15) is 18.0 Å². The molecule has 0 spiro atoms. The fourth-order valence-electron chi connectivity index (χ4n) is 1.14. The van der Waals surface area contributed by atoms with Gasteiger partial charge >= 0.3 is 0 Å². The number of rotatable bonds is 1. The van der Waals surface area contributed by atoms with Gasteiger partial charge in [0.1, 0.15) is 0 Å². The maximum atomic E-state index is 10.6. The van der Waals surface area contributed by atoms with Gasteiger partial charge in [0.05, 0.1) is 21.1 Å². The average Bonchev–Trinajstić information content (AvgIpc) is 2.23. The van der Waals surface area contributed by atoms with E-state index in [1.165, 1.54) is 11.3 Å². The summed E-state index contributed by atoms with van der Waals surface area (Å²) >= 11 is 13.0. The van der Waals surface area contributed by atoms with Gasteiger partial charge in [0.15, 0.2) is 0 Å². The SMILES string of the molecule is O=C1CC(c2cc(Cl)sc2Cl)N1. The molecule has 64 valence electrons. The highest BCUT2D eigenvalue weighted by Gasteiger charge is 2.29. The lowest BCUT2D eigenvalue weighted by Crippen LogP contribution is -2.41. The summed E-state index contributed by atoms with van der Waals surface area (Å²) in [5.41, 5.74) is 0.936. The number of nitrogens with one attached hydrogen (secondary N) is 1. The van der Waals surface area contributed by atoms with Crippen molar-refractivity contribution in [2.24, 2.45) is 0 Å². The molecule has 1 aromatic rings. The zero-order valence-corrected chi connectivity index (χ0v) is 8.26. The van der Waals surface area contributed by atoms with Gasteiger partial charge in [-0.1, -0.05) is 23.2 Å². The zero-order chi connectivity index (χ0) is 8.72. The lowest BCUT2D eigenvalue weighted by atomic mass is 10.0. The molecule has 2 heterocycles. The Bertz CT molecular complexity index is 328. The van der Waals surface area contributed by atoms with Gasteiger partial charge in [-0.05, 0) is 6.07 Å². The van der Waals surface area contributed by atoms with Crippen LogP contribution in [0.3, 0.4) is 0 Å². The topological polar surface area (TPSA) is 29.1 Å². The van der Waals surface area contributed by atoms with Crippen LogP contribution in [0.25, 0.3) is 0 Å². The molecule has 0 aromatic carbocycles. The Kier molecular flexibility index (Phi) is 2.02. The van der Waals surface area contributed by atoms with Crippen LogP contribution >= 0.6 is 34.5 Å². The largest absolute Gasteiger partial charge is 0.349 e. The summed E-state index contributed by atoms with van der Waals surface area (Å²) in [5.74, 6) is 0.0680. The molecule has 12 heavy (non-hydrogen) atoms. The Hall–Kier alpha value is -0.250. The van der Waals surface area contributed by atoms with Crippen molar-refractivity contribution in [1.29, 1.82) is 0 Å². The van der Waals surface area contributed by atoms with Gasteiger partial charge < -0.3 is 5.32 Å². The Balaban J connectivity index is 2.23. The summed E-state index contributed by atoms with van der Waals surface area (Å²) < 4.78 is 1.33. The van der Waals surface area contributed by atoms with Crippen molar-refractivity contribution in [2.45, 2.75) is 12.5 Å². The molecule has 1 unspecified atom stereocenters. The second-order valence-electron chi connectivity index (χ2n) is 2.60. The molecule has 1 aliphatic heterocycles. The van der Waals surface area contributed by atoms with E-state index in [1.54, 1.807) is 6.07 Å². The molecule has 0 aliphatic carbocycles. The lowest BCUT2D eigenvalue weighted by molar-refractivity contribution is -0.128. The van der Waals surface area contributed by atoms with E-state index in [4.69, 9.17) is 23.2 Å². The fraction of sp³-hybridized carbons (Fsp3) is 0.286. The first-order valence-electron chi connectivity index (χ1n) is 3.41. The fourth-order valence-corrected chi connectivity index (χ4v) is 2.72. The maximum absolute atomic E-state index is 10.6. The van der Waals surface area contributed by atoms with Crippen LogP contribution in [0, 0.1) is 0 Å². The van der Waals surface area contributed by atoms with Gasteiger partial charge in [0, 0.05) is 5.56 Å². The first-order valence-corrected chi connectivity index (χ1v) is 4.98. The molecule has 1 N–H and O–H groups in total. The highest BCUT2D eigenvalue weighted by molar-refractivity contribution is 7.20. The molecule has 1 saturated heterocycles. The number of halogens is 2. The Morgan fingerprint density at radius 2 is 2.25 bits per heavy atom. The van der Waals surface area contributed by atoms with Crippen molar-refractivity contribution in [2.75, 3.05) is 0 Å². The molecule has 2 rings (SSSR count). The molecule has 1 aromatic heterocycles. The smallest absolute Gasteiger partial charge is 0.222 e. The number of hydrogen-bond donors (Lipinski definition) is 1. The van der Waals surface area contributed by atoms with E-state index in [-0.39, 0.29) is 11.9 Å². The maximum Gasteiger partial charge on any atom is 0.222 e. The summed E-state index contributed by atoms with van der Waals surface area (Å²) in [5, 5.41) is 2.74. The summed E-state index contributed by atoms with van der Waals surface area (Å²) in [4.78, 5) is 10.6. The minimum Gasteiger partial charge on any atom is -0.349 e. The molecule has 1 aliphatic rings. The van der Waals surface area contributed by atoms with Gasteiger partial charge in [-0.3, -0.25) is 4.79 Å². The minimum absolute atomic E-state index is 0.0680. The van der Waals surface area contributed by atoms with Crippen LogP contribution in [-0.2, 0) is 4.79 Å². The predicted octanol–water partition coefficient (Wildman–Crippen LogP) is 2.62. The van der Waals surface area contributed by atoms with Crippen molar-refractivity contribution in [1.82, 2.24) is 5.32 Å². The van der Waals surface area contributed by atoms with Crippen molar-refractivity contribution in [3.8, 4) is 0 Å². The van der Waals surface area contributed by atoms with Gasteiger partial charge in [0.2, 0.25) is 5.91 Å². The second-order valence-corrected chi connectivity index (χ2v) is 4.89. The molecule has 1 fully saturated rings. The number of carbonyl (C=O) groups is 1. The normalized spacial score (nSPS) is 21.8. The summed E-state index contributed by atoms with van der Waals surface area (Å²) in [6.45, 7) is 0. The molecular weight excluding hydrogens is 217 g/mol. The quantitative estimate of drug-likeness (QED) is 0.727. The Morgan fingerprint density at radius 3 is 2.67 bits per heavy atom. The van der Waals surface area contributed by atoms with Crippen molar-refractivity contribution in [3.63, 3.8) is 0 Å². The van der Waals surface area contributed by atoms with Gasteiger partial charge in [-0.15, -0.1) is 11.3 Å². The Labute approximate surface area is 83.5 Å². The van der Waals surface area contributed by atoms with Crippen LogP contribution in [0.5, 0.6) is 0 Å². The second kappa shape index (κ2) is 2.91. The summed E-state index contributed by atoms with van der Waals surface area (Å²) in [7, 11) is 0. The summed E-state index contributed by atoms with van der Waals surface area (Å²) in [6.07, 6.45) is 0.521. The average molecular weight is 222 g/mol. The molecular formula is C7H5Cl2NOS. The highest BCUT2D eigenvalue weighted by Crippen LogP contribution is 2.38. The molecule has 0 saturated carbocycles. The number of hydrogen-bond acceptors (Lipinski definition) is 2. The number of amides is 1. The summed E-state index contributed by atoms with van der Waals surface area (Å²) in [6, 6.07) is 1.88. The third-order valence-corrected chi connectivity index (χ3v) is 3.30. The Morgan fingerprint density at radius 1 is 1.58 bits per heavy atom. The number of β-lactam (4-membered cyclic amide) rings is 1. The van der Waals surface area contributed by atoms with E-state index in [2.05, 4.69) is 5.32 Å². The minimum atomic E-state index is 0.0680. The molecule has 0 radical (unpaired) electrons. The van der Waals surface area contributed by atoms with Crippen LogP contribution < -0.4 is 5.32 Å². The van der Waals surface area contributed by atoms with Gasteiger partial charge in [-0.25, -0.2) is 0 Å². The van der Waals surface area contributed by atoms with E-state index in [0.717, 1.165) is 5.56 Å². The van der Waals surface area contributed by atoms with Crippen molar-refractivity contribution >= 4 is 40.4 Å². The van der Waals surface area contributed by atoms with E-state index in [9.17, 15) is 4.79 Å². The van der Waals surface area contributed by atoms with Gasteiger partial charge in [-0.2, -0.15) is 0 Å². The standard InChI is InChI=1S/C7H5Cl2NOS/c8-5-1-3(7(9)12-5)4-2-6(11)10-4/h1,4H,2H2,(H,10,11). The molecule has 1 atom stereocenters. The van der Waals surface area contributed by atoms with E-state index in [0.29, 0.717) is 15.1 Å².